The number of hydrogen-bond donors (Lipinski definition) is 2. The third-order valence-corrected chi connectivity index (χ3v) is 4.60. The molecule has 0 saturated heterocycles. The van der Waals surface area contributed by atoms with E-state index in [4.69, 9.17) is 16.7 Å². The van der Waals surface area contributed by atoms with Gasteiger partial charge < -0.3 is 15.3 Å². The summed E-state index contributed by atoms with van der Waals surface area (Å²) < 4.78 is 0. The summed E-state index contributed by atoms with van der Waals surface area (Å²) in [5.41, 5.74) is 1.63. The average Bonchev–Trinajstić information content (AvgIpc) is 2.69. The van der Waals surface area contributed by atoms with Gasteiger partial charge in [-0.05, 0) is 29.7 Å². The van der Waals surface area contributed by atoms with Crippen LogP contribution in [0.1, 0.15) is 37.4 Å². The number of hydrogen-bond acceptors (Lipinski definition) is 3. The van der Waals surface area contributed by atoms with Crippen LogP contribution < -0.4 is 5.32 Å². The van der Waals surface area contributed by atoms with Crippen LogP contribution in [-0.2, 0) is 16.1 Å². The highest BCUT2D eigenvalue weighted by molar-refractivity contribution is 6.30. The van der Waals surface area contributed by atoms with Crippen LogP contribution in [0.15, 0.2) is 54.6 Å². The van der Waals surface area contributed by atoms with E-state index in [2.05, 4.69) is 5.32 Å². The van der Waals surface area contributed by atoms with Crippen molar-refractivity contribution in [1.82, 2.24) is 10.2 Å². The van der Waals surface area contributed by atoms with Crippen molar-refractivity contribution < 1.29 is 14.7 Å². The van der Waals surface area contributed by atoms with Gasteiger partial charge in [-0.2, -0.15) is 0 Å². The normalized spacial score (nSPS) is 11.9. The summed E-state index contributed by atoms with van der Waals surface area (Å²) in [7, 11) is 0. The third-order valence-electron chi connectivity index (χ3n) is 4.35. The van der Waals surface area contributed by atoms with E-state index in [1.165, 1.54) is 0 Å². The smallest absolute Gasteiger partial charge is 0.247 e. The molecular weight excluding hydrogens is 376 g/mol. The van der Waals surface area contributed by atoms with Gasteiger partial charge in [-0.3, -0.25) is 9.59 Å². The molecule has 0 saturated carbocycles. The summed E-state index contributed by atoms with van der Waals surface area (Å²) in [4.78, 5) is 27.7. The van der Waals surface area contributed by atoms with Gasteiger partial charge in [0.05, 0.1) is 0 Å². The Hall–Kier alpha value is -2.37. The molecule has 0 aromatic heterocycles. The monoisotopic (exact) mass is 402 g/mol. The standard InChI is InChI=1S/C22H27ClN2O3/c1-16(2)22(28)25(15-17-9-11-19(23)12-10-17)20(18-7-4-3-5-8-18)21(27)24-13-6-14-26/h3-5,7-12,16,20,26H,6,13-15H2,1-2H3,(H,24,27). The first-order valence-corrected chi connectivity index (χ1v) is 9.80. The second kappa shape index (κ2) is 10.8. The summed E-state index contributed by atoms with van der Waals surface area (Å²) in [5.74, 6) is -0.632. The second-order valence-electron chi connectivity index (χ2n) is 6.93. The Morgan fingerprint density at radius 1 is 1.07 bits per heavy atom. The van der Waals surface area contributed by atoms with Crippen molar-refractivity contribution in [2.75, 3.05) is 13.2 Å². The first kappa shape index (κ1) is 21.9. The Kier molecular flexibility index (Phi) is 8.48. The van der Waals surface area contributed by atoms with Crippen LogP contribution in [0.25, 0.3) is 0 Å². The molecule has 0 bridgehead atoms. The summed E-state index contributed by atoms with van der Waals surface area (Å²) in [6.45, 7) is 4.28. The molecule has 2 rings (SSSR count). The van der Waals surface area contributed by atoms with Crippen LogP contribution in [-0.4, -0.2) is 35.0 Å². The van der Waals surface area contributed by atoms with E-state index in [1.807, 2.05) is 56.3 Å². The van der Waals surface area contributed by atoms with Gasteiger partial charge >= 0.3 is 0 Å². The largest absolute Gasteiger partial charge is 0.396 e. The summed E-state index contributed by atoms with van der Waals surface area (Å²) >= 11 is 5.98. The highest BCUT2D eigenvalue weighted by Crippen LogP contribution is 2.26. The SMILES string of the molecule is CC(C)C(=O)N(Cc1ccc(Cl)cc1)C(C(=O)NCCCO)c1ccccc1. The number of nitrogens with zero attached hydrogens (tertiary/aromatic N) is 1. The lowest BCUT2D eigenvalue weighted by atomic mass is 10.0. The van der Waals surface area contributed by atoms with E-state index in [-0.39, 0.29) is 24.3 Å². The fourth-order valence-electron chi connectivity index (χ4n) is 2.91. The molecule has 2 amide bonds. The summed E-state index contributed by atoms with van der Waals surface area (Å²) in [6.07, 6.45) is 0.461. The topological polar surface area (TPSA) is 69.6 Å². The molecule has 0 fully saturated rings. The van der Waals surface area contributed by atoms with E-state index in [0.29, 0.717) is 24.5 Å². The van der Waals surface area contributed by atoms with Crippen molar-refractivity contribution >= 4 is 23.4 Å². The number of carbonyl (C=O) groups is 2. The summed E-state index contributed by atoms with van der Waals surface area (Å²) in [5, 5.41) is 12.5. The van der Waals surface area contributed by atoms with E-state index in [1.54, 1.807) is 17.0 Å². The van der Waals surface area contributed by atoms with Gasteiger partial charge in [-0.25, -0.2) is 0 Å². The van der Waals surface area contributed by atoms with Gasteiger partial charge in [0, 0.05) is 30.6 Å². The van der Waals surface area contributed by atoms with Gasteiger partial charge in [-0.1, -0.05) is 67.9 Å². The van der Waals surface area contributed by atoms with Crippen molar-refractivity contribution in [2.24, 2.45) is 5.92 Å². The number of benzene rings is 2. The molecule has 0 radical (unpaired) electrons. The lowest BCUT2D eigenvalue weighted by Crippen LogP contribution is -2.45. The molecule has 0 spiro atoms. The highest BCUT2D eigenvalue weighted by Gasteiger charge is 2.32. The van der Waals surface area contributed by atoms with E-state index in [0.717, 1.165) is 11.1 Å². The van der Waals surface area contributed by atoms with E-state index >= 15 is 0 Å². The molecule has 1 unspecified atom stereocenters. The maximum atomic E-state index is 13.0. The first-order valence-electron chi connectivity index (χ1n) is 9.42. The maximum absolute atomic E-state index is 13.0. The van der Waals surface area contributed by atoms with Gasteiger partial charge in [-0.15, -0.1) is 0 Å². The number of aliphatic hydroxyl groups excluding tert-OH is 1. The van der Waals surface area contributed by atoms with E-state index < -0.39 is 6.04 Å². The number of carbonyl (C=O) groups excluding carboxylic acids is 2. The Bertz CT molecular complexity index is 763. The molecular formula is C22H27ClN2O3. The molecule has 6 heteroatoms. The van der Waals surface area contributed by atoms with E-state index in [9.17, 15) is 9.59 Å². The zero-order chi connectivity index (χ0) is 20.5. The predicted molar refractivity (Wildman–Crippen MR) is 111 cm³/mol. The molecule has 2 aromatic carbocycles. The maximum Gasteiger partial charge on any atom is 0.247 e. The fourth-order valence-corrected chi connectivity index (χ4v) is 3.04. The average molecular weight is 403 g/mol. The van der Waals surface area contributed by atoms with Gasteiger partial charge in [0.1, 0.15) is 6.04 Å². The lowest BCUT2D eigenvalue weighted by Gasteiger charge is -2.33. The number of nitrogens with one attached hydrogen (secondary N) is 1. The predicted octanol–water partition coefficient (Wildman–Crippen LogP) is 3.56. The number of amides is 2. The van der Waals surface area contributed by atoms with Crippen LogP contribution >= 0.6 is 11.6 Å². The number of aliphatic hydroxyl groups is 1. The minimum atomic E-state index is -0.759. The zero-order valence-corrected chi connectivity index (χ0v) is 17.0. The summed E-state index contributed by atoms with van der Waals surface area (Å²) in [6, 6.07) is 15.8. The van der Waals surface area contributed by atoms with Crippen molar-refractivity contribution in [3.8, 4) is 0 Å². The molecule has 1 atom stereocenters. The number of rotatable bonds is 9. The molecule has 5 nitrogen and oxygen atoms in total. The van der Waals surface area contributed by atoms with Crippen molar-refractivity contribution in [1.29, 1.82) is 0 Å². The Balaban J connectivity index is 2.39. The third kappa shape index (κ3) is 6.08. The van der Waals surface area contributed by atoms with Gasteiger partial charge in [0.25, 0.3) is 0 Å². The Labute approximate surface area is 171 Å². The highest BCUT2D eigenvalue weighted by atomic mass is 35.5. The quantitative estimate of drug-likeness (QED) is 0.630. The molecule has 150 valence electrons. The van der Waals surface area contributed by atoms with Gasteiger partial charge in [0.2, 0.25) is 11.8 Å². The van der Waals surface area contributed by atoms with Crippen molar-refractivity contribution in [3.05, 3.63) is 70.7 Å². The fraction of sp³-hybridized carbons (Fsp3) is 0.364. The van der Waals surface area contributed by atoms with Crippen LogP contribution in [0.4, 0.5) is 0 Å². The Morgan fingerprint density at radius 3 is 2.29 bits per heavy atom. The van der Waals surface area contributed by atoms with Crippen LogP contribution in [0.2, 0.25) is 5.02 Å². The first-order chi connectivity index (χ1) is 13.4. The molecule has 0 aliphatic rings. The lowest BCUT2D eigenvalue weighted by molar-refractivity contribution is -0.144. The second-order valence-corrected chi connectivity index (χ2v) is 7.37. The molecule has 0 aliphatic heterocycles. The van der Waals surface area contributed by atoms with Crippen LogP contribution in [0.5, 0.6) is 0 Å². The molecule has 2 N–H and O–H groups in total. The molecule has 0 heterocycles. The van der Waals surface area contributed by atoms with Crippen LogP contribution in [0, 0.1) is 5.92 Å². The minimum Gasteiger partial charge on any atom is -0.396 e. The zero-order valence-electron chi connectivity index (χ0n) is 16.3. The minimum absolute atomic E-state index is 0.00427. The molecule has 2 aromatic rings. The number of halogens is 1. The van der Waals surface area contributed by atoms with Crippen molar-refractivity contribution in [3.63, 3.8) is 0 Å². The molecule has 28 heavy (non-hydrogen) atoms. The van der Waals surface area contributed by atoms with Crippen LogP contribution in [0.3, 0.4) is 0 Å². The Morgan fingerprint density at radius 2 is 1.71 bits per heavy atom. The van der Waals surface area contributed by atoms with Gasteiger partial charge in [0.15, 0.2) is 0 Å². The molecule has 0 aliphatic carbocycles. The van der Waals surface area contributed by atoms with Crippen molar-refractivity contribution in [2.45, 2.75) is 32.9 Å².